The fourth-order valence-electron chi connectivity index (χ4n) is 18.6. The molecule has 10 nitrogen and oxygen atoms in total. The highest BCUT2D eigenvalue weighted by molar-refractivity contribution is 6.29. The van der Waals surface area contributed by atoms with Crippen molar-refractivity contribution >= 4 is 87.2 Å². The van der Waals surface area contributed by atoms with Gasteiger partial charge in [-0.25, -0.2) is 39.9 Å². The Hall–Kier alpha value is -17.9. The van der Waals surface area contributed by atoms with E-state index in [4.69, 9.17) is 48.7 Å². The standard InChI is InChI=1S/C64H40N4O.C58H36N4O/c1-4-16-41(17-5-1)48-22-14-24-50(38-48)63-66-62(67-64(68-63)51-25-15-23-49(39-51)42-18-6-2-7-19-42)47-36-32-44(33-37-47)43-30-34-46(35-31-43)61-54-40-57-60(53-27-11-13-29-56(53)69-57)58(45-20-8-3-9-21-45)59(54)52-26-10-12-28-55(52)65-61;1-4-15-37(16-5-1)44-21-14-22-45(35-44)58-61-56(42-19-8-3-9-20-42)60-57(62-58)43-33-29-39(30-34-43)38-27-31-41(32-28-38)55-48-36-51-54(47-24-11-13-26-50(47)63-51)52(40-17-6-2-7-18-40)53(48)46-23-10-12-25-49(46)59-55/h1-40H;1-36H. The van der Waals surface area contributed by atoms with Crippen molar-refractivity contribution < 1.29 is 8.83 Å². The summed E-state index contributed by atoms with van der Waals surface area (Å²) in [5.41, 5.74) is 30.4. The molecule has 616 valence electrons. The van der Waals surface area contributed by atoms with Gasteiger partial charge >= 0.3 is 0 Å². The first kappa shape index (κ1) is 77.7. The number of para-hydroxylation sites is 4. The highest BCUT2D eigenvalue weighted by Gasteiger charge is 2.26. The molecule has 6 heterocycles. The average Bonchev–Trinajstić information content (AvgIpc) is 1.57. The van der Waals surface area contributed by atoms with Crippen molar-refractivity contribution in [1.82, 2.24) is 39.9 Å². The number of hydrogen-bond acceptors (Lipinski definition) is 10. The Balaban J connectivity index is 0.000000146. The summed E-state index contributed by atoms with van der Waals surface area (Å²) < 4.78 is 13.2. The molecule has 0 aliphatic rings. The van der Waals surface area contributed by atoms with Crippen LogP contribution in [0.2, 0.25) is 0 Å². The zero-order chi connectivity index (χ0) is 87.4. The van der Waals surface area contributed by atoms with Crippen LogP contribution >= 0.6 is 0 Å². The molecule has 132 heavy (non-hydrogen) atoms. The quantitative estimate of drug-likeness (QED) is 0.0915. The average molecular weight is 1690 g/mol. The fraction of sp³-hybridized carbons (Fsp3) is 0. The molecule has 0 unspecified atom stereocenters. The number of nitrogens with zero attached hydrogens (tertiary/aromatic N) is 8. The number of rotatable bonds is 15. The first-order valence-corrected chi connectivity index (χ1v) is 44.3. The van der Waals surface area contributed by atoms with Crippen LogP contribution in [-0.4, -0.2) is 39.9 Å². The van der Waals surface area contributed by atoms with Gasteiger partial charge in [-0.15, -0.1) is 0 Å². The Morgan fingerprint density at radius 1 is 0.129 bits per heavy atom. The number of aromatic nitrogens is 8. The normalized spacial score (nSPS) is 11.5. The molecule has 0 aliphatic heterocycles. The molecule has 0 saturated heterocycles. The number of fused-ring (bicyclic) bond motifs is 12. The number of pyridine rings is 2. The molecule has 10 heteroatoms. The van der Waals surface area contributed by atoms with E-state index < -0.39 is 0 Å². The molecule has 19 aromatic carbocycles. The van der Waals surface area contributed by atoms with E-state index in [1.807, 2.05) is 72.8 Å². The lowest BCUT2D eigenvalue weighted by atomic mass is 9.89. The van der Waals surface area contributed by atoms with Crippen LogP contribution in [0.1, 0.15) is 0 Å². The van der Waals surface area contributed by atoms with Gasteiger partial charge in [-0.3, -0.25) is 0 Å². The molecule has 0 aliphatic carbocycles. The minimum Gasteiger partial charge on any atom is -0.456 e. The predicted octanol–water partition coefficient (Wildman–Crippen LogP) is 31.9. The van der Waals surface area contributed by atoms with E-state index in [0.717, 1.165) is 216 Å². The van der Waals surface area contributed by atoms with Gasteiger partial charge in [-0.05, 0) is 121 Å². The van der Waals surface area contributed by atoms with Crippen molar-refractivity contribution in [3.05, 3.63) is 461 Å². The first-order valence-electron chi connectivity index (χ1n) is 44.3. The Bertz CT molecular complexity index is 8600. The fourth-order valence-corrected chi connectivity index (χ4v) is 18.6. The highest BCUT2D eigenvalue weighted by atomic mass is 16.3. The topological polar surface area (TPSA) is 129 Å². The lowest BCUT2D eigenvalue weighted by molar-refractivity contribution is 0.669. The molecule has 0 atom stereocenters. The van der Waals surface area contributed by atoms with E-state index in [9.17, 15) is 0 Å². The summed E-state index contributed by atoms with van der Waals surface area (Å²) in [5.74, 6) is 3.72. The van der Waals surface area contributed by atoms with Gasteiger partial charge in [0.15, 0.2) is 34.9 Å². The lowest BCUT2D eigenvalue weighted by Gasteiger charge is -2.16. The summed E-state index contributed by atoms with van der Waals surface area (Å²) in [7, 11) is 0. The summed E-state index contributed by atoms with van der Waals surface area (Å²) in [6.45, 7) is 0. The second-order valence-corrected chi connectivity index (χ2v) is 33.1. The molecule has 6 aromatic heterocycles. The molecule has 0 amide bonds. The van der Waals surface area contributed by atoms with Gasteiger partial charge in [-0.2, -0.15) is 0 Å². The van der Waals surface area contributed by atoms with Gasteiger partial charge in [0.2, 0.25) is 0 Å². The van der Waals surface area contributed by atoms with E-state index >= 15 is 0 Å². The summed E-state index contributed by atoms with van der Waals surface area (Å²) in [5, 5.41) is 11.1. The van der Waals surface area contributed by atoms with Crippen molar-refractivity contribution in [2.24, 2.45) is 0 Å². The number of furan rings is 2. The van der Waals surface area contributed by atoms with Crippen LogP contribution in [0.5, 0.6) is 0 Å². The smallest absolute Gasteiger partial charge is 0.164 e. The minimum absolute atomic E-state index is 0.606. The zero-order valence-electron chi connectivity index (χ0n) is 71.3. The number of benzene rings is 19. The van der Waals surface area contributed by atoms with Crippen molar-refractivity contribution in [1.29, 1.82) is 0 Å². The second-order valence-electron chi connectivity index (χ2n) is 33.1. The van der Waals surface area contributed by atoms with E-state index in [2.05, 4.69) is 388 Å². The van der Waals surface area contributed by atoms with Crippen LogP contribution in [0, 0.1) is 0 Å². The maximum Gasteiger partial charge on any atom is 0.164 e. The molecule has 0 fully saturated rings. The lowest BCUT2D eigenvalue weighted by Crippen LogP contribution is -2.00. The highest BCUT2D eigenvalue weighted by Crippen LogP contribution is 2.50. The molecule has 0 bridgehead atoms. The third kappa shape index (κ3) is 14.6. The molecule has 0 saturated carbocycles. The van der Waals surface area contributed by atoms with Gasteiger partial charge in [-0.1, -0.05) is 406 Å². The van der Waals surface area contributed by atoms with Crippen LogP contribution in [0.15, 0.2) is 470 Å². The largest absolute Gasteiger partial charge is 0.456 e. The van der Waals surface area contributed by atoms with E-state index in [0.29, 0.717) is 34.9 Å². The van der Waals surface area contributed by atoms with E-state index in [-0.39, 0.29) is 0 Å². The van der Waals surface area contributed by atoms with Crippen LogP contribution in [0.4, 0.5) is 0 Å². The van der Waals surface area contributed by atoms with Crippen molar-refractivity contribution in [3.8, 4) is 169 Å². The van der Waals surface area contributed by atoms with Crippen LogP contribution in [0.3, 0.4) is 0 Å². The molecule has 25 aromatic rings. The van der Waals surface area contributed by atoms with Crippen molar-refractivity contribution in [2.45, 2.75) is 0 Å². The van der Waals surface area contributed by atoms with Crippen molar-refractivity contribution in [2.75, 3.05) is 0 Å². The molecule has 0 radical (unpaired) electrons. The Labute approximate surface area is 760 Å². The first-order chi connectivity index (χ1) is 65.4. The molecular formula is C122H76N8O2. The minimum atomic E-state index is 0.606. The van der Waals surface area contributed by atoms with Crippen LogP contribution < -0.4 is 0 Å². The molecule has 0 N–H and O–H groups in total. The molecule has 25 rings (SSSR count). The van der Waals surface area contributed by atoms with Gasteiger partial charge in [0.1, 0.15) is 22.3 Å². The maximum atomic E-state index is 6.60. The summed E-state index contributed by atoms with van der Waals surface area (Å²) in [6, 6.07) is 160. The molecular weight excluding hydrogens is 1610 g/mol. The van der Waals surface area contributed by atoms with Gasteiger partial charge in [0.05, 0.1) is 22.4 Å². The number of hydrogen-bond donors (Lipinski definition) is 0. The third-order valence-electron chi connectivity index (χ3n) is 25.0. The van der Waals surface area contributed by atoms with Gasteiger partial charge in [0.25, 0.3) is 0 Å². The van der Waals surface area contributed by atoms with Gasteiger partial charge < -0.3 is 8.83 Å². The van der Waals surface area contributed by atoms with Gasteiger partial charge in [0, 0.05) is 109 Å². The monoisotopic (exact) mass is 1680 g/mol. The summed E-state index contributed by atoms with van der Waals surface area (Å²) >= 11 is 0. The Morgan fingerprint density at radius 3 is 0.682 bits per heavy atom. The zero-order valence-corrected chi connectivity index (χ0v) is 71.3. The summed E-state index contributed by atoms with van der Waals surface area (Å²) in [6.07, 6.45) is 0. The van der Waals surface area contributed by atoms with Crippen LogP contribution in [-0.2, 0) is 0 Å². The van der Waals surface area contributed by atoms with Crippen LogP contribution in [0.25, 0.3) is 256 Å². The van der Waals surface area contributed by atoms with E-state index in [1.165, 1.54) is 5.39 Å². The maximum absolute atomic E-state index is 6.60. The third-order valence-corrected chi connectivity index (χ3v) is 25.0. The predicted molar refractivity (Wildman–Crippen MR) is 541 cm³/mol. The summed E-state index contributed by atoms with van der Waals surface area (Å²) in [4.78, 5) is 41.1. The Morgan fingerprint density at radius 2 is 0.356 bits per heavy atom. The molecule has 0 spiro atoms. The SMILES string of the molecule is c1ccc(-c2cccc(-c3nc(-c4ccc(-c5ccc(-c6nc7ccccc7c7c(-c8ccccc8)c8c(cc67)oc6ccccc68)cc5)cc4)nc(-c4cccc(-c5ccccc5)c4)n3)c2)cc1.c1ccc(-c2cccc(-c3nc(-c4ccccc4)nc(-c4ccc(-c5ccc(-c6nc7ccccc7c7c(-c8ccccc8)c8c(cc67)oc6ccccc68)cc5)cc4)n3)c2)cc1. The Kier molecular flexibility index (Phi) is 19.7. The van der Waals surface area contributed by atoms with Crippen molar-refractivity contribution in [3.63, 3.8) is 0 Å². The second kappa shape index (κ2) is 33.5. The van der Waals surface area contributed by atoms with E-state index in [1.54, 1.807) is 0 Å².